The van der Waals surface area contributed by atoms with E-state index in [1.165, 1.54) is 31.2 Å². The molecule has 0 spiro atoms. The highest BCUT2D eigenvalue weighted by Crippen LogP contribution is 2.24. The molecule has 2 aromatic carbocycles. The Bertz CT molecular complexity index is 615. The van der Waals surface area contributed by atoms with Gasteiger partial charge in [0.1, 0.15) is 24.0 Å². The third-order valence-electron chi connectivity index (χ3n) is 2.85. The normalized spacial score (nSPS) is 12.2. The van der Waals surface area contributed by atoms with Crippen LogP contribution in [0.5, 0.6) is 5.75 Å². The standard InChI is InChI=1S/C15H13ClF2O2/c1-9(19)12-6-5-11(7-14(12)18)20-8-10-3-2-4-13(17)15(10)16/h2-7,9,19H,8H2,1H3/t9-/m0/s1. The number of aliphatic hydroxyl groups is 1. The maximum absolute atomic E-state index is 13.6. The van der Waals surface area contributed by atoms with E-state index in [9.17, 15) is 13.9 Å². The molecule has 0 aliphatic heterocycles. The fourth-order valence-corrected chi connectivity index (χ4v) is 1.94. The van der Waals surface area contributed by atoms with Crippen LogP contribution in [0, 0.1) is 11.6 Å². The van der Waals surface area contributed by atoms with Crippen molar-refractivity contribution in [2.75, 3.05) is 0 Å². The molecule has 0 saturated carbocycles. The Hall–Kier alpha value is -1.65. The van der Waals surface area contributed by atoms with Gasteiger partial charge in [-0.2, -0.15) is 0 Å². The first-order chi connectivity index (χ1) is 9.49. The summed E-state index contributed by atoms with van der Waals surface area (Å²) in [5.74, 6) is -0.793. The van der Waals surface area contributed by atoms with Crippen molar-refractivity contribution in [1.29, 1.82) is 0 Å². The number of hydrogen-bond acceptors (Lipinski definition) is 2. The lowest BCUT2D eigenvalue weighted by Gasteiger charge is -2.11. The summed E-state index contributed by atoms with van der Waals surface area (Å²) in [5, 5.41) is 9.32. The van der Waals surface area contributed by atoms with E-state index in [2.05, 4.69) is 0 Å². The van der Waals surface area contributed by atoms with Gasteiger partial charge in [-0.1, -0.05) is 23.7 Å². The summed E-state index contributed by atoms with van der Waals surface area (Å²) in [5.41, 5.74) is 0.674. The Balaban J connectivity index is 2.11. The molecule has 0 heterocycles. The third kappa shape index (κ3) is 3.26. The summed E-state index contributed by atoms with van der Waals surface area (Å²) in [7, 11) is 0. The Labute approximate surface area is 120 Å². The van der Waals surface area contributed by atoms with Gasteiger partial charge in [-0.3, -0.25) is 0 Å². The van der Waals surface area contributed by atoms with Crippen molar-refractivity contribution >= 4 is 11.6 Å². The van der Waals surface area contributed by atoms with Crippen LogP contribution < -0.4 is 4.74 Å². The highest BCUT2D eigenvalue weighted by atomic mass is 35.5. The lowest BCUT2D eigenvalue weighted by Crippen LogP contribution is -2.00. The topological polar surface area (TPSA) is 29.5 Å². The van der Waals surface area contributed by atoms with E-state index in [1.54, 1.807) is 12.1 Å². The van der Waals surface area contributed by atoms with Gasteiger partial charge in [0.05, 0.1) is 11.1 Å². The van der Waals surface area contributed by atoms with Gasteiger partial charge in [0.2, 0.25) is 0 Å². The molecule has 2 nitrogen and oxygen atoms in total. The van der Waals surface area contributed by atoms with E-state index in [0.29, 0.717) is 5.56 Å². The minimum atomic E-state index is -0.887. The van der Waals surface area contributed by atoms with Crippen molar-refractivity contribution in [3.05, 3.63) is 64.2 Å². The predicted octanol–water partition coefficient (Wildman–Crippen LogP) is 4.25. The average Bonchev–Trinajstić information content (AvgIpc) is 2.40. The summed E-state index contributed by atoms with van der Waals surface area (Å²) in [6.07, 6.45) is -0.887. The first-order valence-electron chi connectivity index (χ1n) is 6.02. The maximum Gasteiger partial charge on any atom is 0.142 e. The van der Waals surface area contributed by atoms with Crippen LogP contribution in [0.2, 0.25) is 5.02 Å². The van der Waals surface area contributed by atoms with Crippen LogP contribution >= 0.6 is 11.6 Å². The number of hydrogen-bond donors (Lipinski definition) is 1. The van der Waals surface area contributed by atoms with Crippen molar-refractivity contribution in [3.63, 3.8) is 0 Å². The van der Waals surface area contributed by atoms with Gasteiger partial charge in [-0.05, 0) is 25.1 Å². The summed E-state index contributed by atoms with van der Waals surface area (Å²) >= 11 is 5.80. The van der Waals surface area contributed by atoms with E-state index in [-0.39, 0.29) is 22.9 Å². The van der Waals surface area contributed by atoms with Crippen LogP contribution in [-0.4, -0.2) is 5.11 Å². The Morgan fingerprint density at radius 1 is 1.20 bits per heavy atom. The smallest absolute Gasteiger partial charge is 0.142 e. The summed E-state index contributed by atoms with van der Waals surface area (Å²) < 4.78 is 32.3. The minimum Gasteiger partial charge on any atom is -0.489 e. The number of rotatable bonds is 4. The Kier molecular flexibility index (Phi) is 4.57. The van der Waals surface area contributed by atoms with Crippen LogP contribution in [0.15, 0.2) is 36.4 Å². The molecule has 0 amide bonds. The van der Waals surface area contributed by atoms with Crippen molar-refractivity contribution in [2.24, 2.45) is 0 Å². The number of ether oxygens (including phenoxy) is 1. The zero-order chi connectivity index (χ0) is 14.7. The third-order valence-corrected chi connectivity index (χ3v) is 3.27. The van der Waals surface area contributed by atoms with Crippen LogP contribution in [-0.2, 0) is 6.61 Å². The largest absolute Gasteiger partial charge is 0.489 e. The maximum atomic E-state index is 13.6. The van der Waals surface area contributed by atoms with Gasteiger partial charge in [-0.25, -0.2) is 8.78 Å². The quantitative estimate of drug-likeness (QED) is 0.914. The van der Waals surface area contributed by atoms with E-state index < -0.39 is 17.7 Å². The molecule has 20 heavy (non-hydrogen) atoms. The van der Waals surface area contributed by atoms with Crippen molar-refractivity contribution in [1.82, 2.24) is 0 Å². The zero-order valence-corrected chi connectivity index (χ0v) is 11.5. The van der Waals surface area contributed by atoms with Gasteiger partial charge < -0.3 is 9.84 Å². The zero-order valence-electron chi connectivity index (χ0n) is 10.7. The van der Waals surface area contributed by atoms with Crippen LogP contribution in [0.25, 0.3) is 0 Å². The molecule has 5 heteroatoms. The molecular weight excluding hydrogens is 286 g/mol. The molecular formula is C15H13ClF2O2. The van der Waals surface area contributed by atoms with Crippen molar-refractivity contribution in [2.45, 2.75) is 19.6 Å². The molecule has 0 radical (unpaired) electrons. The van der Waals surface area contributed by atoms with E-state index in [0.717, 1.165) is 0 Å². The first-order valence-corrected chi connectivity index (χ1v) is 6.40. The molecule has 0 bridgehead atoms. The van der Waals surface area contributed by atoms with Gasteiger partial charge in [0.25, 0.3) is 0 Å². The molecule has 0 unspecified atom stereocenters. The summed E-state index contributed by atoms with van der Waals surface area (Å²) in [6.45, 7) is 1.51. The van der Waals surface area contributed by atoms with E-state index in [4.69, 9.17) is 16.3 Å². The van der Waals surface area contributed by atoms with Gasteiger partial charge in [0.15, 0.2) is 0 Å². The molecule has 0 fully saturated rings. The van der Waals surface area contributed by atoms with Crippen molar-refractivity contribution in [3.8, 4) is 5.75 Å². The number of aliphatic hydroxyl groups excluding tert-OH is 1. The fraction of sp³-hybridized carbons (Fsp3) is 0.200. The molecule has 2 aromatic rings. The monoisotopic (exact) mass is 298 g/mol. The van der Waals surface area contributed by atoms with Gasteiger partial charge in [0, 0.05) is 17.2 Å². The second kappa shape index (κ2) is 6.20. The summed E-state index contributed by atoms with van der Waals surface area (Å²) in [4.78, 5) is 0. The number of benzene rings is 2. The molecule has 0 saturated heterocycles. The van der Waals surface area contributed by atoms with E-state index in [1.807, 2.05) is 0 Å². The summed E-state index contributed by atoms with van der Waals surface area (Å²) in [6, 6.07) is 8.57. The second-order valence-corrected chi connectivity index (χ2v) is 4.74. The number of halogens is 3. The van der Waals surface area contributed by atoms with Crippen LogP contribution in [0.4, 0.5) is 8.78 Å². The van der Waals surface area contributed by atoms with Gasteiger partial charge >= 0.3 is 0 Å². The first kappa shape index (κ1) is 14.8. The van der Waals surface area contributed by atoms with Crippen LogP contribution in [0.1, 0.15) is 24.2 Å². The fourth-order valence-electron chi connectivity index (χ4n) is 1.76. The Morgan fingerprint density at radius 3 is 2.60 bits per heavy atom. The molecule has 0 aliphatic carbocycles. The molecule has 1 atom stereocenters. The molecule has 1 N–H and O–H groups in total. The molecule has 0 aliphatic rings. The Morgan fingerprint density at radius 2 is 1.95 bits per heavy atom. The average molecular weight is 299 g/mol. The SMILES string of the molecule is C[C@H](O)c1ccc(OCc2cccc(F)c2Cl)cc1F. The minimum absolute atomic E-state index is 0.00595. The molecule has 2 rings (SSSR count). The predicted molar refractivity (Wildman–Crippen MR) is 72.8 cm³/mol. The lowest BCUT2D eigenvalue weighted by atomic mass is 10.1. The van der Waals surface area contributed by atoms with Gasteiger partial charge in [-0.15, -0.1) is 0 Å². The lowest BCUT2D eigenvalue weighted by molar-refractivity contribution is 0.194. The highest BCUT2D eigenvalue weighted by molar-refractivity contribution is 6.31. The molecule has 106 valence electrons. The van der Waals surface area contributed by atoms with E-state index >= 15 is 0 Å². The van der Waals surface area contributed by atoms with Crippen LogP contribution in [0.3, 0.4) is 0 Å². The second-order valence-electron chi connectivity index (χ2n) is 4.36. The van der Waals surface area contributed by atoms with Crippen molar-refractivity contribution < 1.29 is 18.6 Å². The highest BCUT2D eigenvalue weighted by Gasteiger charge is 2.10. The molecule has 0 aromatic heterocycles.